The van der Waals surface area contributed by atoms with Crippen LogP contribution >= 0.6 is 34.8 Å². The molecule has 0 aliphatic rings. The molecular formula is C13H12Cl3N3O2. The van der Waals surface area contributed by atoms with Gasteiger partial charge in [-0.05, 0) is 12.1 Å². The van der Waals surface area contributed by atoms with Crippen molar-refractivity contribution < 1.29 is 0 Å². The molecule has 0 radical (unpaired) electrons. The van der Waals surface area contributed by atoms with E-state index in [-0.39, 0.29) is 17.8 Å². The number of rotatable bonds is 3. The van der Waals surface area contributed by atoms with Crippen molar-refractivity contribution in [3.63, 3.8) is 0 Å². The molecule has 0 bridgehead atoms. The fourth-order valence-electron chi connectivity index (χ4n) is 1.85. The largest absolute Gasteiger partial charge is 0.379 e. The van der Waals surface area contributed by atoms with Gasteiger partial charge in [0.1, 0.15) is 0 Å². The van der Waals surface area contributed by atoms with Crippen LogP contribution in [0.3, 0.4) is 0 Å². The Kier molecular flexibility index (Phi) is 4.66. The molecule has 2 aromatic rings. The Labute approximate surface area is 135 Å². The summed E-state index contributed by atoms with van der Waals surface area (Å²) in [6, 6.07) is 3.10. The van der Waals surface area contributed by atoms with Crippen LogP contribution in [0.25, 0.3) is 0 Å². The van der Waals surface area contributed by atoms with E-state index in [9.17, 15) is 9.59 Å². The van der Waals surface area contributed by atoms with Gasteiger partial charge in [0.05, 0.1) is 26.3 Å². The van der Waals surface area contributed by atoms with E-state index < -0.39 is 0 Å². The monoisotopic (exact) mass is 347 g/mol. The lowest BCUT2D eigenvalue weighted by Gasteiger charge is -2.11. The first-order valence-corrected chi connectivity index (χ1v) is 7.08. The van der Waals surface area contributed by atoms with Gasteiger partial charge >= 0.3 is 5.69 Å². The van der Waals surface area contributed by atoms with Crippen LogP contribution in [0.2, 0.25) is 15.1 Å². The quantitative estimate of drug-likeness (QED) is 0.868. The van der Waals surface area contributed by atoms with Gasteiger partial charge in [0.25, 0.3) is 5.56 Å². The molecule has 112 valence electrons. The summed E-state index contributed by atoms with van der Waals surface area (Å²) < 4.78 is 2.39. The highest BCUT2D eigenvalue weighted by molar-refractivity contribution is 6.44. The summed E-state index contributed by atoms with van der Waals surface area (Å²) in [6.45, 7) is 0.207. The maximum atomic E-state index is 12.0. The molecular weight excluding hydrogens is 337 g/mol. The predicted octanol–water partition coefficient (Wildman–Crippen LogP) is 2.66. The maximum Gasteiger partial charge on any atom is 0.330 e. The molecule has 0 amide bonds. The van der Waals surface area contributed by atoms with E-state index in [4.69, 9.17) is 34.8 Å². The van der Waals surface area contributed by atoms with Crippen LogP contribution in [0.1, 0.15) is 5.56 Å². The number of anilines is 1. The molecule has 0 atom stereocenters. The molecule has 2 rings (SSSR count). The molecule has 0 unspecified atom stereocenters. The van der Waals surface area contributed by atoms with Crippen molar-refractivity contribution in [2.45, 2.75) is 6.54 Å². The van der Waals surface area contributed by atoms with E-state index in [1.165, 1.54) is 23.9 Å². The summed E-state index contributed by atoms with van der Waals surface area (Å²) in [5.41, 5.74) is 0.252. The fourth-order valence-corrected chi connectivity index (χ4v) is 2.47. The lowest BCUT2D eigenvalue weighted by molar-refractivity contribution is 0.671. The third-order valence-corrected chi connectivity index (χ3v) is 4.03. The van der Waals surface area contributed by atoms with Crippen molar-refractivity contribution >= 4 is 40.5 Å². The van der Waals surface area contributed by atoms with Crippen LogP contribution in [-0.4, -0.2) is 9.13 Å². The molecule has 1 aromatic carbocycles. The molecule has 0 fully saturated rings. The number of aryl methyl sites for hydroxylation is 1. The molecule has 8 heteroatoms. The number of hydrogen-bond donors (Lipinski definition) is 1. The van der Waals surface area contributed by atoms with Crippen LogP contribution in [-0.2, 0) is 20.6 Å². The van der Waals surface area contributed by atoms with E-state index in [0.29, 0.717) is 26.3 Å². The first-order valence-electron chi connectivity index (χ1n) is 5.95. The number of nitrogens with zero attached hydrogens (tertiary/aromatic N) is 2. The zero-order valence-electron chi connectivity index (χ0n) is 11.3. The zero-order valence-corrected chi connectivity index (χ0v) is 13.6. The molecule has 0 saturated carbocycles. The second-order valence-electron chi connectivity index (χ2n) is 4.51. The normalized spacial score (nSPS) is 10.7. The molecule has 1 heterocycles. The molecule has 0 saturated heterocycles. The van der Waals surface area contributed by atoms with Crippen molar-refractivity contribution in [1.82, 2.24) is 9.13 Å². The van der Waals surface area contributed by atoms with E-state index in [1.54, 1.807) is 13.1 Å². The van der Waals surface area contributed by atoms with Crippen LogP contribution in [0.5, 0.6) is 0 Å². The summed E-state index contributed by atoms with van der Waals surface area (Å²) in [5.74, 6) is 0. The Morgan fingerprint density at radius 2 is 1.67 bits per heavy atom. The Morgan fingerprint density at radius 1 is 1.05 bits per heavy atom. The first kappa shape index (κ1) is 15.9. The summed E-state index contributed by atoms with van der Waals surface area (Å²) >= 11 is 17.8. The van der Waals surface area contributed by atoms with Gasteiger partial charge in [-0.3, -0.25) is 9.36 Å². The van der Waals surface area contributed by atoms with Crippen molar-refractivity contribution in [3.8, 4) is 0 Å². The summed E-state index contributed by atoms with van der Waals surface area (Å²) in [7, 11) is 3.01. The van der Waals surface area contributed by atoms with E-state index in [0.717, 1.165) is 4.57 Å². The fraction of sp³-hybridized carbons (Fsp3) is 0.231. The Bertz CT molecular complexity index is 812. The van der Waals surface area contributed by atoms with Gasteiger partial charge in [-0.25, -0.2) is 4.79 Å². The number of nitrogens with one attached hydrogen (secondary N) is 1. The van der Waals surface area contributed by atoms with Crippen molar-refractivity contribution in [1.29, 1.82) is 0 Å². The smallest absolute Gasteiger partial charge is 0.330 e. The number of aromatic nitrogens is 2. The molecule has 0 aliphatic heterocycles. The lowest BCUT2D eigenvalue weighted by Crippen LogP contribution is -2.38. The topological polar surface area (TPSA) is 56.0 Å². The maximum absolute atomic E-state index is 12.0. The van der Waals surface area contributed by atoms with E-state index in [1.807, 2.05) is 0 Å². The average molecular weight is 349 g/mol. The summed E-state index contributed by atoms with van der Waals surface area (Å²) in [6.07, 6.45) is 1.49. The van der Waals surface area contributed by atoms with Gasteiger partial charge in [0.15, 0.2) is 0 Å². The van der Waals surface area contributed by atoms with Crippen LogP contribution < -0.4 is 16.6 Å². The first-order chi connectivity index (χ1) is 9.81. The van der Waals surface area contributed by atoms with Crippen LogP contribution in [0, 0.1) is 0 Å². The van der Waals surface area contributed by atoms with Crippen LogP contribution in [0.15, 0.2) is 27.9 Å². The lowest BCUT2D eigenvalue weighted by atomic mass is 10.2. The van der Waals surface area contributed by atoms with E-state index in [2.05, 4.69) is 5.32 Å². The van der Waals surface area contributed by atoms with Crippen molar-refractivity contribution in [3.05, 3.63) is 59.8 Å². The minimum Gasteiger partial charge on any atom is -0.379 e. The molecule has 1 aromatic heterocycles. The third kappa shape index (κ3) is 3.26. The van der Waals surface area contributed by atoms with Gasteiger partial charge in [-0.2, -0.15) is 0 Å². The number of benzene rings is 1. The minimum absolute atomic E-state index is 0.207. The van der Waals surface area contributed by atoms with E-state index >= 15 is 0 Å². The Morgan fingerprint density at radius 3 is 2.33 bits per heavy atom. The molecule has 5 nitrogen and oxygen atoms in total. The standard InChI is InChI=1S/C13H12Cl3N3O2/c1-18-6-7(12(20)19(2)13(18)21)5-17-11-4-9(15)8(14)3-10(11)16/h3-4,6,17H,5H2,1-2H3. The van der Waals surface area contributed by atoms with Gasteiger partial charge in [0.2, 0.25) is 0 Å². The highest BCUT2D eigenvalue weighted by Crippen LogP contribution is 2.32. The molecule has 0 spiro atoms. The summed E-state index contributed by atoms with van der Waals surface area (Å²) in [4.78, 5) is 23.6. The number of hydrogen-bond acceptors (Lipinski definition) is 3. The second-order valence-corrected chi connectivity index (χ2v) is 5.73. The molecule has 0 aliphatic carbocycles. The Balaban J connectivity index is 2.31. The highest BCUT2D eigenvalue weighted by atomic mass is 35.5. The van der Waals surface area contributed by atoms with Crippen LogP contribution in [0.4, 0.5) is 5.69 Å². The second kappa shape index (κ2) is 6.13. The molecule has 21 heavy (non-hydrogen) atoms. The zero-order chi connectivity index (χ0) is 15.7. The van der Waals surface area contributed by atoms with Crippen molar-refractivity contribution in [2.75, 3.05) is 5.32 Å². The number of halogens is 3. The Hall–Kier alpha value is -1.43. The average Bonchev–Trinajstić information content (AvgIpc) is 2.44. The van der Waals surface area contributed by atoms with Gasteiger partial charge in [0, 0.05) is 26.8 Å². The van der Waals surface area contributed by atoms with Gasteiger partial charge in [-0.15, -0.1) is 0 Å². The third-order valence-electron chi connectivity index (χ3n) is 3.00. The van der Waals surface area contributed by atoms with Crippen molar-refractivity contribution in [2.24, 2.45) is 14.1 Å². The minimum atomic E-state index is -0.378. The summed E-state index contributed by atoms with van der Waals surface area (Å²) in [5, 5.41) is 4.11. The highest BCUT2D eigenvalue weighted by Gasteiger charge is 2.09. The molecule has 1 N–H and O–H groups in total. The SMILES string of the molecule is Cn1cc(CNc2cc(Cl)c(Cl)cc2Cl)c(=O)n(C)c1=O. The van der Waals surface area contributed by atoms with Gasteiger partial charge < -0.3 is 9.88 Å². The predicted molar refractivity (Wildman–Crippen MR) is 85.7 cm³/mol. The van der Waals surface area contributed by atoms with Gasteiger partial charge in [-0.1, -0.05) is 34.8 Å².